The first-order valence-corrected chi connectivity index (χ1v) is 6.52. The Morgan fingerprint density at radius 2 is 2.05 bits per heavy atom. The van der Waals surface area contributed by atoms with Crippen molar-refractivity contribution in [2.24, 2.45) is 0 Å². The molecule has 20 heavy (non-hydrogen) atoms. The van der Waals surface area contributed by atoms with Gasteiger partial charge < -0.3 is 9.64 Å². The topological polar surface area (TPSA) is 29.5 Å². The molecule has 0 aromatic heterocycles. The second-order valence-corrected chi connectivity index (χ2v) is 5.34. The number of aryl methyl sites for hydroxylation is 1. The Bertz CT molecular complexity index is 556. The first kappa shape index (κ1) is 13.3. The summed E-state index contributed by atoms with van der Waals surface area (Å²) >= 11 is 0. The molecule has 3 rings (SSSR count). The molecular weight excluding hydrogens is 271 g/mol. The highest BCUT2D eigenvalue weighted by molar-refractivity contribution is 5.71. The molecule has 1 aromatic carbocycles. The molecule has 2 unspecified atom stereocenters. The van der Waals surface area contributed by atoms with Gasteiger partial charge in [0.1, 0.15) is 6.10 Å². The van der Waals surface area contributed by atoms with Crippen molar-refractivity contribution in [1.82, 2.24) is 4.90 Å². The lowest BCUT2D eigenvalue weighted by molar-refractivity contribution is -0.137. The molecule has 0 radical (unpaired) electrons. The molecule has 1 aromatic rings. The normalized spacial score (nSPS) is 25.8. The fourth-order valence-corrected chi connectivity index (χ4v) is 3.02. The lowest BCUT2D eigenvalue weighted by Crippen LogP contribution is -2.27. The maximum absolute atomic E-state index is 12.9. The third kappa shape index (κ3) is 2.13. The minimum atomic E-state index is -4.39. The summed E-state index contributed by atoms with van der Waals surface area (Å²) in [4.78, 5) is 13.3. The first-order chi connectivity index (χ1) is 9.36. The van der Waals surface area contributed by atoms with E-state index in [4.69, 9.17) is 4.74 Å². The fourth-order valence-electron chi connectivity index (χ4n) is 3.02. The van der Waals surface area contributed by atoms with Gasteiger partial charge in [0.25, 0.3) is 0 Å². The van der Waals surface area contributed by atoms with Crippen molar-refractivity contribution < 1.29 is 22.7 Å². The van der Waals surface area contributed by atoms with Crippen LogP contribution in [0.1, 0.15) is 35.6 Å². The molecule has 2 aliphatic rings. The summed E-state index contributed by atoms with van der Waals surface area (Å²) in [6, 6.07) is 3.72. The molecule has 0 spiro atoms. The van der Waals surface area contributed by atoms with E-state index in [1.165, 1.54) is 0 Å². The zero-order valence-corrected chi connectivity index (χ0v) is 10.9. The van der Waals surface area contributed by atoms with Gasteiger partial charge in [-0.3, -0.25) is 0 Å². The fraction of sp³-hybridized carbons (Fsp3) is 0.500. The number of rotatable bonds is 1. The smallest absolute Gasteiger partial charge is 0.416 e. The molecule has 2 heterocycles. The molecule has 3 nitrogen and oxygen atoms in total. The van der Waals surface area contributed by atoms with Crippen LogP contribution < -0.4 is 0 Å². The number of ether oxygens (including phenoxy) is 1. The molecule has 2 aliphatic heterocycles. The molecular formula is C14H14F3NO2. The lowest BCUT2D eigenvalue weighted by atomic mass is 9.97. The van der Waals surface area contributed by atoms with Crippen LogP contribution in [0, 0.1) is 6.92 Å². The molecule has 2 fully saturated rings. The van der Waals surface area contributed by atoms with Crippen molar-refractivity contribution >= 4 is 6.09 Å². The van der Waals surface area contributed by atoms with Crippen molar-refractivity contribution in [2.45, 2.75) is 38.1 Å². The number of benzene rings is 1. The highest BCUT2D eigenvalue weighted by Gasteiger charge is 2.45. The van der Waals surface area contributed by atoms with E-state index in [2.05, 4.69) is 0 Å². The van der Waals surface area contributed by atoms with Gasteiger partial charge >= 0.3 is 12.3 Å². The summed E-state index contributed by atoms with van der Waals surface area (Å²) in [5.41, 5.74) is 0.252. The van der Waals surface area contributed by atoms with Gasteiger partial charge in [0.15, 0.2) is 0 Å². The third-order valence-electron chi connectivity index (χ3n) is 3.87. The van der Waals surface area contributed by atoms with Crippen LogP contribution >= 0.6 is 0 Å². The van der Waals surface area contributed by atoms with Crippen LogP contribution in [-0.2, 0) is 10.9 Å². The monoisotopic (exact) mass is 285 g/mol. The van der Waals surface area contributed by atoms with Gasteiger partial charge in [-0.15, -0.1) is 0 Å². The highest BCUT2D eigenvalue weighted by Crippen LogP contribution is 2.40. The van der Waals surface area contributed by atoms with E-state index in [0.717, 1.165) is 25.0 Å². The Kier molecular flexibility index (Phi) is 2.92. The Morgan fingerprint density at radius 1 is 1.30 bits per heavy atom. The lowest BCUT2D eigenvalue weighted by Gasteiger charge is -2.18. The predicted molar refractivity (Wildman–Crippen MR) is 65.1 cm³/mol. The van der Waals surface area contributed by atoms with E-state index in [1.54, 1.807) is 17.9 Å². The number of cyclic esters (lactones) is 1. The minimum absolute atomic E-state index is 0.134. The maximum Gasteiger partial charge on any atom is 0.416 e. The van der Waals surface area contributed by atoms with Crippen molar-refractivity contribution in [3.05, 3.63) is 34.9 Å². The molecule has 0 bridgehead atoms. The van der Waals surface area contributed by atoms with Crippen LogP contribution in [0.4, 0.5) is 18.0 Å². The zero-order valence-electron chi connectivity index (χ0n) is 10.9. The zero-order chi connectivity index (χ0) is 14.5. The summed E-state index contributed by atoms with van der Waals surface area (Å²) in [6.45, 7) is 2.24. The number of halogens is 3. The Labute approximate surface area is 114 Å². The van der Waals surface area contributed by atoms with Crippen LogP contribution in [0.25, 0.3) is 0 Å². The standard InChI is InChI=1S/C14H14F3NO2/c1-8-5-9(7-10(6-8)14(15,16)17)12-11-3-2-4-18(11)13(19)20-12/h5-7,11-12H,2-4H2,1H3. The van der Waals surface area contributed by atoms with E-state index in [9.17, 15) is 18.0 Å². The Morgan fingerprint density at radius 3 is 2.75 bits per heavy atom. The van der Waals surface area contributed by atoms with E-state index in [1.807, 2.05) is 0 Å². The summed E-state index contributed by atoms with van der Waals surface area (Å²) in [5.74, 6) is 0. The number of hydrogen-bond donors (Lipinski definition) is 0. The molecule has 0 aliphatic carbocycles. The average Bonchev–Trinajstić information content (AvgIpc) is 2.92. The molecule has 0 N–H and O–H groups in total. The van der Waals surface area contributed by atoms with Crippen LogP contribution in [-0.4, -0.2) is 23.6 Å². The van der Waals surface area contributed by atoms with E-state index < -0.39 is 23.9 Å². The van der Waals surface area contributed by atoms with Gasteiger partial charge in [0.05, 0.1) is 11.6 Å². The summed E-state index contributed by atoms with van der Waals surface area (Å²) in [7, 11) is 0. The summed E-state index contributed by atoms with van der Waals surface area (Å²) in [5, 5.41) is 0. The van der Waals surface area contributed by atoms with E-state index in [0.29, 0.717) is 17.7 Å². The maximum atomic E-state index is 12.9. The van der Waals surface area contributed by atoms with Crippen LogP contribution in [0.15, 0.2) is 18.2 Å². The van der Waals surface area contributed by atoms with Crippen LogP contribution in [0.5, 0.6) is 0 Å². The quantitative estimate of drug-likeness (QED) is 0.788. The van der Waals surface area contributed by atoms with Crippen molar-refractivity contribution in [1.29, 1.82) is 0 Å². The van der Waals surface area contributed by atoms with Crippen LogP contribution in [0.2, 0.25) is 0 Å². The highest BCUT2D eigenvalue weighted by atomic mass is 19.4. The van der Waals surface area contributed by atoms with Gasteiger partial charge in [0, 0.05) is 6.54 Å². The van der Waals surface area contributed by atoms with Crippen molar-refractivity contribution in [2.75, 3.05) is 6.54 Å². The number of carbonyl (C=O) groups excluding carboxylic acids is 1. The second kappa shape index (κ2) is 4.40. The van der Waals surface area contributed by atoms with Gasteiger partial charge in [-0.1, -0.05) is 11.6 Å². The van der Waals surface area contributed by atoms with Gasteiger partial charge in [-0.2, -0.15) is 13.2 Å². The number of alkyl halides is 3. The molecule has 0 saturated carbocycles. The number of carbonyl (C=O) groups is 1. The summed E-state index contributed by atoms with van der Waals surface area (Å²) in [6.07, 6.45) is -3.77. The predicted octanol–water partition coefficient (Wildman–Crippen LogP) is 3.67. The van der Waals surface area contributed by atoms with Gasteiger partial charge in [-0.25, -0.2) is 4.79 Å². The molecule has 2 atom stereocenters. The van der Waals surface area contributed by atoms with E-state index >= 15 is 0 Å². The first-order valence-electron chi connectivity index (χ1n) is 6.52. The van der Waals surface area contributed by atoms with Gasteiger partial charge in [0.2, 0.25) is 0 Å². The Balaban J connectivity index is 1.98. The molecule has 2 saturated heterocycles. The summed E-state index contributed by atoms with van der Waals surface area (Å²) < 4.78 is 43.8. The third-order valence-corrected chi connectivity index (χ3v) is 3.87. The van der Waals surface area contributed by atoms with E-state index in [-0.39, 0.29) is 6.04 Å². The molecule has 108 valence electrons. The van der Waals surface area contributed by atoms with Gasteiger partial charge in [-0.05, 0) is 37.5 Å². The number of nitrogens with zero attached hydrogens (tertiary/aromatic N) is 1. The van der Waals surface area contributed by atoms with Crippen molar-refractivity contribution in [3.63, 3.8) is 0 Å². The average molecular weight is 285 g/mol. The van der Waals surface area contributed by atoms with Crippen LogP contribution in [0.3, 0.4) is 0 Å². The molecule has 6 heteroatoms. The second-order valence-electron chi connectivity index (χ2n) is 5.34. The largest absolute Gasteiger partial charge is 0.439 e. The minimum Gasteiger partial charge on any atom is -0.439 e. The number of hydrogen-bond acceptors (Lipinski definition) is 2. The van der Waals surface area contributed by atoms with Crippen molar-refractivity contribution in [3.8, 4) is 0 Å². The molecule has 1 amide bonds. The number of fused-ring (bicyclic) bond motifs is 1. The number of amides is 1. The Hall–Kier alpha value is -1.72. The SMILES string of the molecule is Cc1cc(C2OC(=O)N3CCCC23)cc(C(F)(F)F)c1.